The number of thiophene rings is 2. The van der Waals surface area contributed by atoms with Crippen molar-refractivity contribution in [3.63, 3.8) is 0 Å². The topological polar surface area (TPSA) is 87.2 Å². The first-order valence-electron chi connectivity index (χ1n) is 33.5. The van der Waals surface area contributed by atoms with Crippen LogP contribution in [0.1, 0.15) is 0 Å². The van der Waals surface area contributed by atoms with E-state index in [0.29, 0.717) is 34.9 Å². The molecule has 466 valence electrons. The maximum atomic E-state index is 5.15. The lowest BCUT2D eigenvalue weighted by molar-refractivity contribution is 1.07. The summed E-state index contributed by atoms with van der Waals surface area (Å²) in [5.41, 5.74) is 19.2. The summed E-state index contributed by atoms with van der Waals surface area (Å²) >= 11 is 3.75. The van der Waals surface area contributed by atoms with Crippen LogP contribution in [-0.2, 0) is 0 Å². The van der Waals surface area contributed by atoms with Gasteiger partial charge in [-0.3, -0.25) is 0 Å². The van der Waals surface area contributed by atoms with Crippen LogP contribution in [0.4, 0.5) is 0 Å². The molecule has 20 aromatic rings. The summed E-state index contributed by atoms with van der Waals surface area (Å²) in [6, 6.07) is 117. The van der Waals surface area contributed by atoms with E-state index in [-0.39, 0.29) is 0 Å². The Balaban J connectivity index is 0.709. The summed E-state index contributed by atoms with van der Waals surface area (Å²) in [5, 5.41) is 9.78. The van der Waals surface area contributed by atoms with Crippen molar-refractivity contribution >= 4 is 107 Å². The molecule has 0 aliphatic rings. The molecule has 0 N–H and O–H groups in total. The molecule has 8 nitrogen and oxygen atoms in total. The smallest absolute Gasteiger partial charge is 0.164 e. The molecule has 0 saturated carbocycles. The molecule has 100 heavy (non-hydrogen) atoms. The zero-order valence-corrected chi connectivity index (χ0v) is 55.2. The summed E-state index contributed by atoms with van der Waals surface area (Å²) in [4.78, 5) is 30.5. The van der Waals surface area contributed by atoms with Crippen LogP contribution in [0.25, 0.3) is 197 Å². The Labute approximate surface area is 582 Å². The molecule has 20 rings (SSSR count). The van der Waals surface area contributed by atoms with E-state index in [1.165, 1.54) is 89.6 Å². The van der Waals surface area contributed by atoms with Gasteiger partial charge in [-0.1, -0.05) is 273 Å². The Morgan fingerprint density at radius 3 is 1.18 bits per heavy atom. The molecule has 0 bridgehead atoms. The second kappa shape index (κ2) is 23.5. The number of rotatable bonds is 11. The molecule has 0 saturated heterocycles. The minimum atomic E-state index is 0.613. The predicted molar refractivity (Wildman–Crippen MR) is 417 cm³/mol. The Hall–Kier alpha value is -12.9. The molecule has 10 heteroatoms. The second-order valence-corrected chi connectivity index (χ2v) is 27.4. The molecule has 6 aromatic heterocycles. The zero-order chi connectivity index (χ0) is 65.8. The van der Waals surface area contributed by atoms with Gasteiger partial charge in [0.25, 0.3) is 0 Å². The van der Waals surface area contributed by atoms with Crippen LogP contribution in [-0.4, -0.2) is 39.0 Å². The van der Waals surface area contributed by atoms with Crippen LogP contribution in [0.2, 0.25) is 0 Å². The predicted octanol–water partition coefficient (Wildman–Crippen LogP) is 24.0. The molecule has 0 aliphatic heterocycles. The van der Waals surface area contributed by atoms with Crippen LogP contribution in [0.15, 0.2) is 328 Å². The lowest BCUT2D eigenvalue weighted by Gasteiger charge is -2.13. The number of hydrogen-bond acceptors (Lipinski definition) is 8. The average Bonchev–Trinajstić information content (AvgIpc) is 1.56. The van der Waals surface area contributed by atoms with Gasteiger partial charge in [0.05, 0.1) is 31.5 Å². The van der Waals surface area contributed by atoms with Crippen molar-refractivity contribution in [3.8, 4) is 113 Å². The zero-order valence-electron chi connectivity index (χ0n) is 53.6. The number of benzene rings is 14. The first-order valence-corrected chi connectivity index (χ1v) is 35.1. The quantitative estimate of drug-likeness (QED) is 0.128. The van der Waals surface area contributed by atoms with E-state index in [0.717, 1.165) is 72.5 Å². The fourth-order valence-electron chi connectivity index (χ4n) is 14.7. The Morgan fingerprint density at radius 1 is 0.210 bits per heavy atom. The van der Waals surface area contributed by atoms with Crippen molar-refractivity contribution in [1.82, 2.24) is 39.0 Å². The van der Waals surface area contributed by atoms with Gasteiger partial charge in [-0.05, 0) is 82.4 Å². The highest BCUT2D eigenvalue weighted by Crippen LogP contribution is 2.50. The minimum Gasteiger partial charge on any atom is -0.308 e. The van der Waals surface area contributed by atoms with Gasteiger partial charge in [0.2, 0.25) is 0 Å². The molecular formula is C90H54N8S2. The van der Waals surface area contributed by atoms with Gasteiger partial charge in [0, 0.05) is 103 Å². The lowest BCUT2D eigenvalue weighted by Crippen LogP contribution is -2.01. The summed E-state index contributed by atoms with van der Waals surface area (Å²) in [7, 11) is 0. The summed E-state index contributed by atoms with van der Waals surface area (Å²) in [6.07, 6.45) is 0. The monoisotopic (exact) mass is 1310 g/mol. The van der Waals surface area contributed by atoms with Crippen molar-refractivity contribution in [1.29, 1.82) is 0 Å². The second-order valence-electron chi connectivity index (χ2n) is 25.3. The molecule has 0 radical (unpaired) electrons. The molecule has 14 aromatic carbocycles. The number of nitrogens with zero attached hydrogens (tertiary/aromatic N) is 8. The Bertz CT molecular complexity index is 6490. The fraction of sp³-hybridized carbons (Fsp3) is 0. The third-order valence-corrected chi connectivity index (χ3v) is 21.9. The first-order chi connectivity index (χ1) is 49.6. The fourth-order valence-corrected chi connectivity index (χ4v) is 17.4. The molecule has 0 fully saturated rings. The number of para-hydroxylation sites is 1. The molecule has 0 aliphatic carbocycles. The van der Waals surface area contributed by atoms with Crippen LogP contribution in [0, 0.1) is 0 Å². The van der Waals surface area contributed by atoms with Crippen LogP contribution < -0.4 is 0 Å². The summed E-state index contributed by atoms with van der Waals surface area (Å²) < 4.78 is 9.92. The van der Waals surface area contributed by atoms with Gasteiger partial charge in [-0.2, -0.15) is 0 Å². The van der Waals surface area contributed by atoms with Gasteiger partial charge >= 0.3 is 0 Å². The lowest BCUT2D eigenvalue weighted by atomic mass is 9.91. The van der Waals surface area contributed by atoms with Crippen LogP contribution >= 0.6 is 22.7 Å². The van der Waals surface area contributed by atoms with Crippen molar-refractivity contribution in [2.24, 2.45) is 0 Å². The Morgan fingerprint density at radius 2 is 0.600 bits per heavy atom. The third-order valence-electron chi connectivity index (χ3n) is 19.5. The summed E-state index contributed by atoms with van der Waals surface area (Å²) in [6.45, 7) is 0. The third kappa shape index (κ3) is 9.56. The summed E-state index contributed by atoms with van der Waals surface area (Å²) in [5.74, 6) is 3.76. The first kappa shape index (κ1) is 57.4. The number of aromatic nitrogens is 8. The standard InChI is InChI=1S/C90H54N8S2/c1-6-21-57(22-7-1)79-67(47-50-74-75-52-49-71-68-33-16-18-35-76(68)98(81(71)84(75)100-82(74)79)66-32-20-31-64(53-66)90-95-87(60-27-12-4-13-28-60)92-88(96-90)61-29-14-5-15-30-61)56-39-37-55(38-40-56)63-43-46-69-72-48-51-73-70-34-17-19-36-78(70)99-83(73)80(72)97(77(69)54-63)65-44-41-62(42-45-65)89-93-85(58-23-8-2-9-24-58)91-86(94-89)59-25-10-3-11-26-59/h1-54H. The molecule has 0 atom stereocenters. The maximum absolute atomic E-state index is 5.15. The maximum Gasteiger partial charge on any atom is 0.164 e. The van der Waals surface area contributed by atoms with Gasteiger partial charge in [0.15, 0.2) is 34.9 Å². The normalized spacial score (nSPS) is 11.8. The molecule has 0 spiro atoms. The van der Waals surface area contributed by atoms with E-state index in [9.17, 15) is 0 Å². The highest BCUT2D eigenvalue weighted by molar-refractivity contribution is 7.27. The SMILES string of the molecule is c1ccc(-c2nc(-c3ccccc3)nc(-c3ccc(-n4c5cc(-c6ccc(-c7ccc8c(sc9c8ccc8c%10ccccc%10n(-c%10cccc(-c%11nc(-c%12ccccc%12)nc(-c%12ccccc%12)n%11)c%10)c89)c7-c7ccccc7)cc6)ccc5c5ccc6c7ccccc7sc6c54)cc3)n2)cc1. The van der Waals surface area contributed by atoms with Crippen molar-refractivity contribution < 1.29 is 0 Å². The highest BCUT2D eigenvalue weighted by atomic mass is 32.1. The van der Waals surface area contributed by atoms with Gasteiger partial charge in [0.1, 0.15) is 0 Å². The minimum absolute atomic E-state index is 0.613. The van der Waals surface area contributed by atoms with Crippen LogP contribution in [0.3, 0.4) is 0 Å². The van der Waals surface area contributed by atoms with Crippen LogP contribution in [0.5, 0.6) is 0 Å². The van der Waals surface area contributed by atoms with E-state index >= 15 is 0 Å². The molecule has 0 amide bonds. The van der Waals surface area contributed by atoms with E-state index in [4.69, 9.17) is 29.9 Å². The van der Waals surface area contributed by atoms with E-state index in [1.54, 1.807) is 0 Å². The van der Waals surface area contributed by atoms with Gasteiger partial charge in [-0.15, -0.1) is 22.7 Å². The number of hydrogen-bond donors (Lipinski definition) is 0. The van der Waals surface area contributed by atoms with E-state index < -0.39 is 0 Å². The van der Waals surface area contributed by atoms with E-state index in [1.807, 2.05) is 120 Å². The highest BCUT2D eigenvalue weighted by Gasteiger charge is 2.25. The van der Waals surface area contributed by atoms with E-state index in [2.05, 4.69) is 240 Å². The van der Waals surface area contributed by atoms with Crippen molar-refractivity contribution in [2.45, 2.75) is 0 Å². The van der Waals surface area contributed by atoms with Crippen molar-refractivity contribution in [2.75, 3.05) is 0 Å². The van der Waals surface area contributed by atoms with Gasteiger partial charge in [-0.25, -0.2) is 29.9 Å². The largest absolute Gasteiger partial charge is 0.308 e. The van der Waals surface area contributed by atoms with Gasteiger partial charge < -0.3 is 9.13 Å². The molecule has 0 unspecified atom stereocenters. The molecular weight excluding hydrogens is 1260 g/mol. The average molecular weight is 1310 g/mol. The number of fused-ring (bicyclic) bond motifs is 14. The van der Waals surface area contributed by atoms with Crippen molar-refractivity contribution in [3.05, 3.63) is 328 Å². The molecule has 6 heterocycles. The Kier molecular flexibility index (Phi) is 13.5.